The number of carbonyl (C=O) groups is 1. The number of amides is 1. The van der Waals surface area contributed by atoms with E-state index < -0.39 is 14.8 Å². The Morgan fingerprint density at radius 2 is 1.83 bits per heavy atom. The van der Waals surface area contributed by atoms with E-state index in [4.69, 9.17) is 0 Å². The highest BCUT2D eigenvalue weighted by atomic mass is 32.2. The van der Waals surface area contributed by atoms with Crippen molar-refractivity contribution < 1.29 is 13.2 Å². The molecule has 98 valence electrons. The molecule has 1 fully saturated rings. The maximum Gasteiger partial charge on any atom is 0.258 e. The third-order valence-electron chi connectivity index (χ3n) is 2.98. The Kier molecular flexibility index (Phi) is 3.42. The predicted octanol–water partition coefficient (Wildman–Crippen LogP) is 1.73. The number of hydrogen-bond acceptors (Lipinski definition) is 4. The third kappa shape index (κ3) is 2.03. The molecule has 1 aromatic carbocycles. The van der Waals surface area contributed by atoms with Crippen molar-refractivity contribution in [2.45, 2.75) is 23.5 Å². The van der Waals surface area contributed by atoms with Crippen LogP contribution in [0, 0.1) is 0 Å². The van der Waals surface area contributed by atoms with Crippen molar-refractivity contribution in [1.29, 1.82) is 0 Å². The zero-order valence-corrected chi connectivity index (χ0v) is 11.9. The van der Waals surface area contributed by atoms with E-state index in [1.165, 1.54) is 13.8 Å². The SMILES string of the molecule is CC1(C)C(=O)N(CCSc2ccccc2)S1(=O)=O. The Morgan fingerprint density at radius 3 is 2.39 bits per heavy atom. The molecule has 0 saturated carbocycles. The van der Waals surface area contributed by atoms with Crippen LogP contribution < -0.4 is 0 Å². The van der Waals surface area contributed by atoms with Crippen LogP contribution in [0.15, 0.2) is 35.2 Å². The first-order valence-corrected chi connectivity index (χ1v) is 8.04. The lowest BCUT2D eigenvalue weighted by Crippen LogP contribution is -2.67. The Labute approximate surface area is 111 Å². The van der Waals surface area contributed by atoms with Crippen molar-refractivity contribution in [3.8, 4) is 0 Å². The van der Waals surface area contributed by atoms with Crippen LogP contribution in [-0.4, -0.2) is 35.7 Å². The van der Waals surface area contributed by atoms with E-state index in [1.807, 2.05) is 30.3 Å². The Bertz CT molecular complexity index is 552. The molecule has 18 heavy (non-hydrogen) atoms. The van der Waals surface area contributed by atoms with Gasteiger partial charge in [-0.2, -0.15) is 0 Å². The minimum absolute atomic E-state index is 0.240. The number of carbonyl (C=O) groups excluding carboxylic acids is 1. The zero-order valence-electron chi connectivity index (χ0n) is 10.3. The van der Waals surface area contributed by atoms with Gasteiger partial charge in [0.05, 0.1) is 0 Å². The van der Waals surface area contributed by atoms with Gasteiger partial charge in [-0.15, -0.1) is 11.8 Å². The molecule has 1 aromatic rings. The van der Waals surface area contributed by atoms with Crippen LogP contribution in [0.3, 0.4) is 0 Å². The van der Waals surface area contributed by atoms with Gasteiger partial charge in [-0.3, -0.25) is 4.79 Å². The summed E-state index contributed by atoms with van der Waals surface area (Å²) in [6.07, 6.45) is 0. The van der Waals surface area contributed by atoms with Crippen LogP contribution in [0.25, 0.3) is 0 Å². The van der Waals surface area contributed by atoms with Gasteiger partial charge in [0.1, 0.15) is 0 Å². The summed E-state index contributed by atoms with van der Waals surface area (Å²) in [7, 11) is -3.43. The Balaban J connectivity index is 1.92. The topological polar surface area (TPSA) is 54.5 Å². The second kappa shape index (κ2) is 4.59. The number of benzene rings is 1. The number of hydrogen-bond donors (Lipinski definition) is 0. The molecule has 0 unspecified atom stereocenters. The van der Waals surface area contributed by atoms with Gasteiger partial charge in [-0.05, 0) is 26.0 Å². The molecule has 0 radical (unpaired) electrons. The molecule has 0 bridgehead atoms. The van der Waals surface area contributed by atoms with Crippen molar-refractivity contribution in [2.24, 2.45) is 0 Å². The highest BCUT2D eigenvalue weighted by molar-refractivity contribution is 7.99. The van der Waals surface area contributed by atoms with Crippen molar-refractivity contribution in [3.05, 3.63) is 30.3 Å². The maximum atomic E-state index is 11.8. The summed E-state index contributed by atoms with van der Waals surface area (Å²) < 4.78 is 23.4. The minimum Gasteiger partial charge on any atom is -0.272 e. The monoisotopic (exact) mass is 285 g/mol. The molecule has 0 atom stereocenters. The van der Waals surface area contributed by atoms with Crippen LogP contribution in [0.4, 0.5) is 0 Å². The first-order chi connectivity index (χ1) is 8.37. The van der Waals surface area contributed by atoms with E-state index in [-0.39, 0.29) is 12.5 Å². The maximum absolute atomic E-state index is 11.8. The average Bonchev–Trinajstić information content (AvgIpc) is 2.34. The minimum atomic E-state index is -3.43. The second-order valence-corrected chi connectivity index (χ2v) is 8.13. The van der Waals surface area contributed by atoms with Crippen LogP contribution >= 0.6 is 11.8 Å². The van der Waals surface area contributed by atoms with Crippen molar-refractivity contribution in [3.63, 3.8) is 0 Å². The molecule has 1 saturated heterocycles. The van der Waals surface area contributed by atoms with Crippen LogP contribution in [0.1, 0.15) is 13.8 Å². The van der Waals surface area contributed by atoms with E-state index in [2.05, 4.69) is 0 Å². The van der Waals surface area contributed by atoms with Crippen LogP contribution in [0.5, 0.6) is 0 Å². The summed E-state index contributed by atoms with van der Waals surface area (Å²) in [5.74, 6) is 0.265. The van der Waals surface area contributed by atoms with E-state index in [0.29, 0.717) is 5.75 Å². The standard InChI is InChI=1S/C12H15NO3S2/c1-12(2)11(14)13(18(12,15)16)8-9-17-10-6-4-3-5-7-10/h3-7H,8-9H2,1-2H3. The fourth-order valence-corrected chi connectivity index (χ4v) is 4.24. The Hall–Kier alpha value is -1.01. The van der Waals surface area contributed by atoms with E-state index in [1.54, 1.807) is 11.8 Å². The fourth-order valence-electron chi connectivity index (χ4n) is 1.74. The van der Waals surface area contributed by atoms with Crippen molar-refractivity contribution in [1.82, 2.24) is 4.31 Å². The van der Waals surface area contributed by atoms with Gasteiger partial charge in [-0.1, -0.05) is 18.2 Å². The molecule has 6 heteroatoms. The van der Waals surface area contributed by atoms with Gasteiger partial charge < -0.3 is 0 Å². The molecule has 4 nitrogen and oxygen atoms in total. The molecular formula is C12H15NO3S2. The number of nitrogens with zero attached hydrogens (tertiary/aromatic N) is 1. The highest BCUT2D eigenvalue weighted by Crippen LogP contribution is 2.35. The molecule has 0 aromatic heterocycles. The summed E-state index contributed by atoms with van der Waals surface area (Å²) in [6, 6.07) is 9.70. The van der Waals surface area contributed by atoms with E-state index in [0.717, 1.165) is 9.20 Å². The lowest BCUT2D eigenvalue weighted by Gasteiger charge is -2.42. The average molecular weight is 285 g/mol. The molecule has 1 amide bonds. The summed E-state index contributed by atoms with van der Waals surface area (Å²) in [6.45, 7) is 3.14. The molecule has 0 N–H and O–H groups in total. The molecular weight excluding hydrogens is 270 g/mol. The van der Waals surface area contributed by atoms with Crippen LogP contribution in [0.2, 0.25) is 0 Å². The Morgan fingerprint density at radius 1 is 1.22 bits per heavy atom. The summed E-state index contributed by atoms with van der Waals surface area (Å²) in [5.41, 5.74) is 0. The second-order valence-electron chi connectivity index (χ2n) is 4.55. The van der Waals surface area contributed by atoms with Gasteiger partial charge in [0.25, 0.3) is 15.9 Å². The first kappa shape index (κ1) is 13.4. The lowest BCUT2D eigenvalue weighted by atomic mass is 10.2. The number of thioether (sulfide) groups is 1. The van der Waals surface area contributed by atoms with Gasteiger partial charge in [0.15, 0.2) is 4.75 Å². The number of sulfonamides is 1. The van der Waals surface area contributed by atoms with E-state index >= 15 is 0 Å². The van der Waals surface area contributed by atoms with Gasteiger partial charge >= 0.3 is 0 Å². The highest BCUT2D eigenvalue weighted by Gasteiger charge is 2.59. The molecule has 0 aliphatic carbocycles. The van der Waals surface area contributed by atoms with Crippen molar-refractivity contribution >= 4 is 27.7 Å². The number of rotatable bonds is 4. The molecule has 1 aliphatic rings. The van der Waals surface area contributed by atoms with Gasteiger partial charge in [-0.25, -0.2) is 12.7 Å². The van der Waals surface area contributed by atoms with Crippen molar-refractivity contribution in [2.75, 3.05) is 12.3 Å². The molecule has 2 rings (SSSR count). The predicted molar refractivity (Wildman–Crippen MR) is 71.9 cm³/mol. The van der Waals surface area contributed by atoms with E-state index in [9.17, 15) is 13.2 Å². The summed E-state index contributed by atoms with van der Waals surface area (Å²) in [5, 5.41) is 0. The van der Waals surface area contributed by atoms with Gasteiger partial charge in [0, 0.05) is 17.2 Å². The lowest BCUT2D eigenvalue weighted by molar-refractivity contribution is -0.131. The molecule has 1 aliphatic heterocycles. The summed E-state index contributed by atoms with van der Waals surface area (Å²) in [4.78, 5) is 12.8. The normalized spacial score (nSPS) is 20.6. The zero-order chi connectivity index (χ0) is 13.4. The van der Waals surface area contributed by atoms with Gasteiger partial charge in [0.2, 0.25) is 0 Å². The first-order valence-electron chi connectivity index (χ1n) is 5.62. The molecule has 0 spiro atoms. The summed E-state index contributed by atoms with van der Waals surface area (Å²) >= 11 is 1.54. The molecule has 1 heterocycles. The fraction of sp³-hybridized carbons (Fsp3) is 0.417. The smallest absolute Gasteiger partial charge is 0.258 e. The largest absolute Gasteiger partial charge is 0.272 e. The quantitative estimate of drug-likeness (QED) is 0.791. The third-order valence-corrected chi connectivity index (χ3v) is 6.37. The van der Waals surface area contributed by atoms with Crippen LogP contribution in [-0.2, 0) is 14.8 Å².